The molecule has 1 aliphatic rings. The van der Waals surface area contributed by atoms with Crippen LogP contribution in [0.4, 0.5) is 0 Å². The molecule has 1 aliphatic heterocycles. The highest BCUT2D eigenvalue weighted by Gasteiger charge is 2.19. The fraction of sp³-hybridized carbons (Fsp3) is 0.455. The first-order valence-electron chi connectivity index (χ1n) is 5.53. The molecule has 0 radical (unpaired) electrons. The molecule has 0 amide bonds. The quantitative estimate of drug-likeness (QED) is 0.719. The van der Waals surface area contributed by atoms with Crippen molar-refractivity contribution >= 4 is 0 Å². The summed E-state index contributed by atoms with van der Waals surface area (Å²) in [6.07, 6.45) is 1.80. The summed E-state index contributed by atoms with van der Waals surface area (Å²) in [5.74, 6) is 1.38. The van der Waals surface area contributed by atoms with Crippen molar-refractivity contribution in [1.82, 2.24) is 25.2 Å². The van der Waals surface area contributed by atoms with Crippen molar-refractivity contribution in [3.8, 4) is 5.69 Å². The molecule has 16 heavy (non-hydrogen) atoms. The topological polar surface area (TPSA) is 56.5 Å². The summed E-state index contributed by atoms with van der Waals surface area (Å²) < 4.78 is 1.79. The molecule has 5 nitrogen and oxygen atoms in total. The largest absolute Gasteiger partial charge is 0.255 e. The summed E-state index contributed by atoms with van der Waals surface area (Å²) in [5.41, 5.74) is 3.26. The van der Waals surface area contributed by atoms with Gasteiger partial charge in [0.25, 0.3) is 0 Å². The zero-order valence-corrected chi connectivity index (χ0v) is 9.38. The number of tetrazole rings is 1. The molecule has 0 saturated heterocycles. The predicted octanol–water partition coefficient (Wildman–Crippen LogP) is 1.28. The Bertz CT molecular complexity index is 529. The zero-order chi connectivity index (χ0) is 11.1. The van der Waals surface area contributed by atoms with E-state index in [0.717, 1.165) is 35.7 Å². The third-order valence-corrected chi connectivity index (χ3v) is 2.91. The normalized spacial score (nSPS) is 13.7. The molecule has 3 heterocycles. The van der Waals surface area contributed by atoms with E-state index in [9.17, 15) is 0 Å². The van der Waals surface area contributed by atoms with E-state index in [1.807, 2.05) is 0 Å². The van der Waals surface area contributed by atoms with Gasteiger partial charge in [-0.1, -0.05) is 13.8 Å². The number of nitrogens with zero attached hydrogens (tertiary/aromatic N) is 5. The summed E-state index contributed by atoms with van der Waals surface area (Å²) in [4.78, 5) is 4.67. The van der Waals surface area contributed by atoms with Crippen molar-refractivity contribution in [2.24, 2.45) is 0 Å². The van der Waals surface area contributed by atoms with Gasteiger partial charge in [-0.15, -0.1) is 5.10 Å². The van der Waals surface area contributed by atoms with Gasteiger partial charge in [-0.25, -0.2) is 0 Å². The van der Waals surface area contributed by atoms with E-state index < -0.39 is 0 Å². The lowest BCUT2D eigenvalue weighted by molar-refractivity contribution is 0.685. The first kappa shape index (κ1) is 9.45. The molecule has 0 fully saturated rings. The summed E-state index contributed by atoms with van der Waals surface area (Å²) in [6, 6.07) is 4.12. The second kappa shape index (κ2) is 3.37. The standard InChI is InChI=1S/C11H13N5/c1-7(2)8-3-5-10-9(12-8)4-6-11-13-14-15-16(10)11/h3,5,7H,4,6H2,1-2H3. The van der Waals surface area contributed by atoms with E-state index in [0.29, 0.717) is 5.92 Å². The molecule has 2 aromatic heterocycles. The Labute approximate surface area is 93.5 Å². The van der Waals surface area contributed by atoms with Gasteiger partial charge in [0, 0.05) is 12.1 Å². The molecule has 5 heteroatoms. The van der Waals surface area contributed by atoms with Crippen molar-refractivity contribution < 1.29 is 0 Å². The van der Waals surface area contributed by atoms with Crippen molar-refractivity contribution in [2.45, 2.75) is 32.6 Å². The third kappa shape index (κ3) is 1.31. The van der Waals surface area contributed by atoms with Gasteiger partial charge in [0.1, 0.15) is 0 Å². The monoisotopic (exact) mass is 215 g/mol. The van der Waals surface area contributed by atoms with Crippen LogP contribution in [-0.2, 0) is 12.8 Å². The Morgan fingerprint density at radius 3 is 2.94 bits per heavy atom. The van der Waals surface area contributed by atoms with Crippen LogP contribution < -0.4 is 0 Å². The third-order valence-electron chi connectivity index (χ3n) is 2.91. The lowest BCUT2D eigenvalue weighted by atomic mass is 10.1. The first-order chi connectivity index (χ1) is 7.75. The molecule has 0 aliphatic carbocycles. The van der Waals surface area contributed by atoms with Crippen LogP contribution in [-0.4, -0.2) is 25.2 Å². The maximum absolute atomic E-state index is 4.67. The molecule has 2 aromatic rings. The molecule has 3 rings (SSSR count). The van der Waals surface area contributed by atoms with E-state index in [-0.39, 0.29) is 0 Å². The Kier molecular flexibility index (Phi) is 1.99. The lowest BCUT2D eigenvalue weighted by Crippen LogP contribution is -2.16. The van der Waals surface area contributed by atoms with Crippen LogP contribution in [0.2, 0.25) is 0 Å². The lowest BCUT2D eigenvalue weighted by Gasteiger charge is -2.16. The smallest absolute Gasteiger partial charge is 0.157 e. The number of hydrogen-bond acceptors (Lipinski definition) is 4. The fourth-order valence-electron chi connectivity index (χ4n) is 1.99. The van der Waals surface area contributed by atoms with E-state index in [1.54, 1.807) is 4.68 Å². The van der Waals surface area contributed by atoms with Gasteiger partial charge in [-0.2, -0.15) is 4.68 Å². The highest BCUT2D eigenvalue weighted by atomic mass is 15.5. The Balaban J connectivity index is 2.14. The van der Waals surface area contributed by atoms with E-state index in [4.69, 9.17) is 0 Å². The maximum atomic E-state index is 4.67. The molecule has 0 spiro atoms. The molecular weight excluding hydrogens is 202 g/mol. The maximum Gasteiger partial charge on any atom is 0.157 e. The van der Waals surface area contributed by atoms with E-state index >= 15 is 0 Å². The Morgan fingerprint density at radius 2 is 2.12 bits per heavy atom. The summed E-state index contributed by atoms with van der Waals surface area (Å²) in [5, 5.41) is 11.7. The van der Waals surface area contributed by atoms with Crippen molar-refractivity contribution in [1.29, 1.82) is 0 Å². The second-order valence-electron chi connectivity index (χ2n) is 4.36. The number of aromatic nitrogens is 5. The number of rotatable bonds is 1. The van der Waals surface area contributed by atoms with Crippen molar-refractivity contribution in [3.05, 3.63) is 29.3 Å². The van der Waals surface area contributed by atoms with Crippen LogP contribution in [0.25, 0.3) is 5.69 Å². The van der Waals surface area contributed by atoms with Gasteiger partial charge in [-0.3, -0.25) is 4.98 Å². The highest BCUT2D eigenvalue weighted by Crippen LogP contribution is 2.22. The summed E-state index contributed by atoms with van der Waals surface area (Å²) in [6.45, 7) is 4.31. The minimum Gasteiger partial charge on any atom is -0.255 e. The average Bonchev–Trinajstić information content (AvgIpc) is 2.76. The van der Waals surface area contributed by atoms with Crippen LogP contribution in [0.5, 0.6) is 0 Å². The predicted molar refractivity (Wildman–Crippen MR) is 58.4 cm³/mol. The molecule has 0 aromatic carbocycles. The molecular formula is C11H13N5. The number of hydrogen-bond donors (Lipinski definition) is 0. The van der Waals surface area contributed by atoms with Crippen LogP contribution >= 0.6 is 0 Å². The SMILES string of the molecule is CC(C)c1ccc2c(n1)CCc1nnnn1-2. The molecule has 0 atom stereocenters. The minimum atomic E-state index is 0.459. The molecule has 0 N–H and O–H groups in total. The van der Waals surface area contributed by atoms with Gasteiger partial charge in [0.15, 0.2) is 5.82 Å². The molecule has 82 valence electrons. The molecule has 0 unspecified atom stereocenters. The number of fused-ring (bicyclic) bond motifs is 3. The number of aryl methyl sites for hydroxylation is 2. The van der Waals surface area contributed by atoms with Crippen LogP contribution in [0.15, 0.2) is 12.1 Å². The van der Waals surface area contributed by atoms with Crippen LogP contribution in [0.1, 0.15) is 37.0 Å². The van der Waals surface area contributed by atoms with E-state index in [2.05, 4.69) is 46.5 Å². The second-order valence-corrected chi connectivity index (χ2v) is 4.36. The van der Waals surface area contributed by atoms with Crippen LogP contribution in [0, 0.1) is 0 Å². The summed E-state index contributed by atoms with van der Waals surface area (Å²) >= 11 is 0. The molecule has 0 bridgehead atoms. The van der Waals surface area contributed by atoms with E-state index in [1.165, 1.54) is 0 Å². The van der Waals surface area contributed by atoms with Crippen molar-refractivity contribution in [2.75, 3.05) is 0 Å². The fourth-order valence-corrected chi connectivity index (χ4v) is 1.99. The van der Waals surface area contributed by atoms with Crippen molar-refractivity contribution in [3.63, 3.8) is 0 Å². The Hall–Kier alpha value is -1.78. The van der Waals surface area contributed by atoms with Gasteiger partial charge >= 0.3 is 0 Å². The minimum absolute atomic E-state index is 0.459. The van der Waals surface area contributed by atoms with Gasteiger partial charge < -0.3 is 0 Å². The van der Waals surface area contributed by atoms with Gasteiger partial charge in [0.05, 0.1) is 11.4 Å². The van der Waals surface area contributed by atoms with Crippen LogP contribution in [0.3, 0.4) is 0 Å². The highest BCUT2D eigenvalue weighted by molar-refractivity contribution is 5.40. The summed E-state index contributed by atoms with van der Waals surface area (Å²) in [7, 11) is 0. The van der Waals surface area contributed by atoms with Gasteiger partial charge in [0.2, 0.25) is 0 Å². The number of pyridine rings is 1. The van der Waals surface area contributed by atoms with Gasteiger partial charge in [-0.05, 0) is 34.9 Å². The first-order valence-corrected chi connectivity index (χ1v) is 5.53. The zero-order valence-electron chi connectivity index (χ0n) is 9.38. The Morgan fingerprint density at radius 1 is 1.25 bits per heavy atom. The molecule has 0 saturated carbocycles. The average molecular weight is 215 g/mol.